The molecule has 2 aromatic carbocycles. The Balaban J connectivity index is 1.42. The second-order valence-electron chi connectivity index (χ2n) is 6.99. The highest BCUT2D eigenvalue weighted by molar-refractivity contribution is 6.30. The predicted molar refractivity (Wildman–Crippen MR) is 113 cm³/mol. The molecule has 0 atom stereocenters. The smallest absolute Gasteiger partial charge is 0.254 e. The molecule has 0 N–H and O–H groups in total. The molecule has 1 fully saturated rings. The quantitative estimate of drug-likeness (QED) is 0.621. The highest BCUT2D eigenvalue weighted by Gasteiger charge is 2.24. The fraction of sp³-hybridized carbons (Fsp3) is 0.227. The minimum Gasteiger partial charge on any atom is -0.436 e. The number of ether oxygens (including phenoxy) is 1. The minimum atomic E-state index is -0.564. The summed E-state index contributed by atoms with van der Waals surface area (Å²) in [5.74, 6) is 0.415. The average molecular weight is 427 g/mol. The summed E-state index contributed by atoms with van der Waals surface area (Å²) in [6.45, 7) is 4.36. The number of anilines is 1. The van der Waals surface area contributed by atoms with E-state index in [4.69, 9.17) is 16.3 Å². The molecule has 1 aliphatic rings. The van der Waals surface area contributed by atoms with Crippen molar-refractivity contribution in [2.75, 3.05) is 31.1 Å². The number of hydrogen-bond donors (Lipinski definition) is 0. The van der Waals surface area contributed by atoms with Crippen LogP contribution < -0.4 is 9.64 Å². The lowest BCUT2D eigenvalue weighted by molar-refractivity contribution is 0.0745. The number of nitrogens with zero attached hydrogens (tertiary/aromatic N) is 4. The van der Waals surface area contributed by atoms with Gasteiger partial charge in [0.2, 0.25) is 5.88 Å². The van der Waals surface area contributed by atoms with E-state index in [-0.39, 0.29) is 17.5 Å². The molecule has 1 amide bonds. The summed E-state index contributed by atoms with van der Waals surface area (Å²) in [6.07, 6.45) is 1.38. The van der Waals surface area contributed by atoms with Gasteiger partial charge in [-0.3, -0.25) is 4.79 Å². The van der Waals surface area contributed by atoms with Gasteiger partial charge in [0.25, 0.3) is 5.91 Å². The standard InChI is InChI=1S/C22H20ClFN4O2/c1-15-4-2-3-5-17(15)22(29)28-10-8-27(9-11-28)20-13-21(26-14-25-20)30-19-7-6-16(23)12-18(19)24/h2-7,12-14H,8-11H2,1H3. The average Bonchev–Trinajstić information content (AvgIpc) is 2.76. The van der Waals surface area contributed by atoms with E-state index in [1.54, 1.807) is 12.1 Å². The Morgan fingerprint density at radius 3 is 2.57 bits per heavy atom. The van der Waals surface area contributed by atoms with Gasteiger partial charge in [-0.1, -0.05) is 29.8 Å². The lowest BCUT2D eigenvalue weighted by Crippen LogP contribution is -2.49. The van der Waals surface area contributed by atoms with E-state index in [2.05, 4.69) is 9.97 Å². The SMILES string of the molecule is Cc1ccccc1C(=O)N1CCN(c2cc(Oc3ccc(Cl)cc3F)ncn2)CC1. The zero-order valence-corrected chi connectivity index (χ0v) is 17.1. The summed E-state index contributed by atoms with van der Waals surface area (Å²) in [5.41, 5.74) is 1.70. The fourth-order valence-corrected chi connectivity index (χ4v) is 3.51. The van der Waals surface area contributed by atoms with Gasteiger partial charge in [0.1, 0.15) is 12.1 Å². The number of halogens is 2. The van der Waals surface area contributed by atoms with Crippen LogP contribution in [0.3, 0.4) is 0 Å². The summed E-state index contributed by atoms with van der Waals surface area (Å²) >= 11 is 5.77. The summed E-state index contributed by atoms with van der Waals surface area (Å²) in [6, 6.07) is 13.4. The molecule has 1 aromatic heterocycles. The van der Waals surface area contributed by atoms with E-state index < -0.39 is 5.82 Å². The van der Waals surface area contributed by atoms with Crippen molar-refractivity contribution < 1.29 is 13.9 Å². The van der Waals surface area contributed by atoms with Crippen LogP contribution >= 0.6 is 11.6 Å². The summed E-state index contributed by atoms with van der Waals surface area (Å²) in [5, 5.41) is 0.293. The molecule has 0 unspecified atom stereocenters. The van der Waals surface area contributed by atoms with Gasteiger partial charge >= 0.3 is 0 Å². The Kier molecular flexibility index (Phi) is 5.81. The molecule has 8 heteroatoms. The third-order valence-electron chi connectivity index (χ3n) is 5.00. The molecule has 6 nitrogen and oxygen atoms in total. The lowest BCUT2D eigenvalue weighted by atomic mass is 10.1. The molecule has 3 aromatic rings. The zero-order valence-electron chi connectivity index (χ0n) is 16.4. The van der Waals surface area contributed by atoms with Gasteiger partial charge in [0.05, 0.1) is 0 Å². The molecule has 0 saturated carbocycles. The largest absolute Gasteiger partial charge is 0.436 e. The number of benzene rings is 2. The van der Waals surface area contributed by atoms with Crippen molar-refractivity contribution in [2.45, 2.75) is 6.92 Å². The number of carbonyl (C=O) groups excluding carboxylic acids is 1. The number of aromatic nitrogens is 2. The van der Waals surface area contributed by atoms with Gasteiger partial charge in [-0.15, -0.1) is 0 Å². The van der Waals surface area contributed by atoms with Crippen LogP contribution in [0.15, 0.2) is 54.9 Å². The summed E-state index contributed by atoms with van der Waals surface area (Å²) < 4.78 is 19.5. The predicted octanol–water partition coefficient (Wildman–Crippen LogP) is 4.33. The number of aryl methyl sites for hydroxylation is 1. The first-order chi connectivity index (χ1) is 14.5. The van der Waals surface area contributed by atoms with E-state index in [9.17, 15) is 9.18 Å². The van der Waals surface area contributed by atoms with Crippen molar-refractivity contribution in [2.24, 2.45) is 0 Å². The first kappa shape index (κ1) is 20.1. The van der Waals surface area contributed by atoms with Crippen molar-refractivity contribution in [1.29, 1.82) is 0 Å². The third-order valence-corrected chi connectivity index (χ3v) is 5.24. The van der Waals surface area contributed by atoms with Gasteiger partial charge in [-0.05, 0) is 36.8 Å². The highest BCUT2D eigenvalue weighted by Crippen LogP contribution is 2.27. The van der Waals surface area contributed by atoms with Crippen molar-refractivity contribution in [1.82, 2.24) is 14.9 Å². The Morgan fingerprint density at radius 1 is 1.07 bits per heavy atom. The fourth-order valence-electron chi connectivity index (χ4n) is 3.35. The molecular weight excluding hydrogens is 407 g/mol. The van der Waals surface area contributed by atoms with Gasteiger partial charge in [0.15, 0.2) is 11.6 Å². The number of rotatable bonds is 4. The molecule has 0 bridgehead atoms. The van der Waals surface area contributed by atoms with Crippen molar-refractivity contribution in [3.8, 4) is 11.6 Å². The Morgan fingerprint density at radius 2 is 1.83 bits per heavy atom. The van der Waals surface area contributed by atoms with Crippen LogP contribution in [-0.2, 0) is 0 Å². The summed E-state index contributed by atoms with van der Waals surface area (Å²) in [4.78, 5) is 25.1. The van der Waals surface area contributed by atoms with Crippen LogP contribution in [0.25, 0.3) is 0 Å². The molecule has 1 saturated heterocycles. The van der Waals surface area contributed by atoms with Gasteiger partial charge < -0.3 is 14.5 Å². The van der Waals surface area contributed by atoms with Crippen LogP contribution in [-0.4, -0.2) is 47.0 Å². The molecule has 2 heterocycles. The second-order valence-corrected chi connectivity index (χ2v) is 7.42. The van der Waals surface area contributed by atoms with E-state index in [0.717, 1.165) is 11.1 Å². The second kappa shape index (κ2) is 8.67. The van der Waals surface area contributed by atoms with Crippen LogP contribution in [0.4, 0.5) is 10.2 Å². The van der Waals surface area contributed by atoms with Crippen molar-refractivity contribution in [3.63, 3.8) is 0 Å². The molecule has 0 aliphatic carbocycles. The number of amides is 1. The Labute approximate surface area is 178 Å². The van der Waals surface area contributed by atoms with Crippen LogP contribution in [0.1, 0.15) is 15.9 Å². The normalized spacial score (nSPS) is 14.0. The highest BCUT2D eigenvalue weighted by atomic mass is 35.5. The first-order valence-electron chi connectivity index (χ1n) is 9.56. The van der Waals surface area contributed by atoms with Crippen LogP contribution in [0.5, 0.6) is 11.6 Å². The lowest BCUT2D eigenvalue weighted by Gasteiger charge is -2.35. The molecule has 1 aliphatic heterocycles. The first-order valence-corrected chi connectivity index (χ1v) is 9.94. The molecule has 4 rings (SSSR count). The number of piperazine rings is 1. The van der Waals surface area contributed by atoms with Gasteiger partial charge in [-0.25, -0.2) is 14.4 Å². The van der Waals surface area contributed by atoms with E-state index in [1.165, 1.54) is 18.5 Å². The summed E-state index contributed by atoms with van der Waals surface area (Å²) in [7, 11) is 0. The van der Waals surface area contributed by atoms with E-state index >= 15 is 0 Å². The number of hydrogen-bond acceptors (Lipinski definition) is 5. The zero-order chi connectivity index (χ0) is 21.1. The maximum atomic E-state index is 14.0. The third kappa shape index (κ3) is 4.36. The molecule has 154 valence electrons. The van der Waals surface area contributed by atoms with E-state index in [1.807, 2.05) is 41.0 Å². The monoisotopic (exact) mass is 426 g/mol. The van der Waals surface area contributed by atoms with Crippen molar-refractivity contribution >= 4 is 23.3 Å². The maximum Gasteiger partial charge on any atom is 0.254 e. The van der Waals surface area contributed by atoms with Crippen LogP contribution in [0.2, 0.25) is 5.02 Å². The molecular formula is C22H20ClFN4O2. The van der Waals surface area contributed by atoms with Gasteiger partial charge in [-0.2, -0.15) is 0 Å². The molecule has 0 radical (unpaired) electrons. The van der Waals surface area contributed by atoms with Crippen LogP contribution in [0, 0.1) is 12.7 Å². The Hall–Kier alpha value is -3.19. The van der Waals surface area contributed by atoms with Gasteiger partial charge in [0, 0.05) is 42.8 Å². The van der Waals surface area contributed by atoms with E-state index in [0.29, 0.717) is 37.0 Å². The topological polar surface area (TPSA) is 58.6 Å². The Bertz CT molecular complexity index is 1070. The minimum absolute atomic E-state index is 0.0395. The molecule has 0 spiro atoms. The van der Waals surface area contributed by atoms with Crippen molar-refractivity contribution in [3.05, 3.63) is 76.8 Å². The molecule has 30 heavy (non-hydrogen) atoms. The maximum absolute atomic E-state index is 14.0. The number of carbonyl (C=O) groups is 1.